The number of rotatable bonds is 3. The molecule has 0 bridgehead atoms. The number of fused-ring (bicyclic) bond motifs is 1. The van der Waals surface area contributed by atoms with E-state index in [4.69, 9.17) is 4.74 Å². The highest BCUT2D eigenvalue weighted by molar-refractivity contribution is 6.30. The second-order valence-electron chi connectivity index (χ2n) is 5.32. The molecular weight excluding hydrogens is 278 g/mol. The number of nitrogens with one attached hydrogen (secondary N) is 1. The third-order valence-electron chi connectivity index (χ3n) is 3.80. The van der Waals surface area contributed by atoms with E-state index in [0.29, 0.717) is 17.6 Å². The maximum Gasteiger partial charge on any atom is 0.342 e. The van der Waals surface area contributed by atoms with E-state index >= 15 is 0 Å². The summed E-state index contributed by atoms with van der Waals surface area (Å²) in [4.78, 5) is 28.1. The number of allylic oxidation sites excluding steroid dienone is 1. The molecule has 1 aliphatic rings. The number of carbonyl (C=O) groups is 2. The highest BCUT2D eigenvalue weighted by Crippen LogP contribution is 2.32. The van der Waals surface area contributed by atoms with E-state index in [1.54, 1.807) is 19.2 Å². The van der Waals surface area contributed by atoms with Gasteiger partial charge in [0.25, 0.3) is 0 Å². The van der Waals surface area contributed by atoms with Crippen LogP contribution in [0, 0.1) is 6.92 Å². The zero-order valence-corrected chi connectivity index (χ0v) is 12.6. The van der Waals surface area contributed by atoms with E-state index in [9.17, 15) is 9.59 Å². The van der Waals surface area contributed by atoms with Crippen LogP contribution in [-0.2, 0) is 16.0 Å². The molecule has 0 amide bonds. The lowest BCUT2D eigenvalue weighted by Crippen LogP contribution is -2.23. The lowest BCUT2D eigenvalue weighted by Gasteiger charge is -2.21. The number of carbonyl (C=O) groups excluding carboxylic acids is 2. The minimum absolute atomic E-state index is 0.139. The van der Waals surface area contributed by atoms with Crippen molar-refractivity contribution in [2.24, 2.45) is 0 Å². The van der Waals surface area contributed by atoms with E-state index in [-0.39, 0.29) is 18.0 Å². The molecule has 0 spiro atoms. The maximum absolute atomic E-state index is 12.8. The van der Waals surface area contributed by atoms with E-state index in [0.717, 1.165) is 16.8 Å². The number of esters is 1. The van der Waals surface area contributed by atoms with Crippen LogP contribution in [0.2, 0.25) is 0 Å². The number of ether oxygens (including phenoxy) is 1. The monoisotopic (exact) mass is 295 g/mol. The standard InChI is InChI=1S/C18H17NO3/c1-3-22-18(21)16-14(15-5-4-8-19-15)10-12-9-11(2)6-7-13(12)17(16)20/h4-9,19H,3,10H2,1-2H3. The number of benzene rings is 1. The van der Waals surface area contributed by atoms with Gasteiger partial charge in [0.15, 0.2) is 0 Å². The molecule has 1 heterocycles. The predicted octanol–water partition coefficient (Wildman–Crippen LogP) is 3.08. The maximum atomic E-state index is 12.8. The van der Waals surface area contributed by atoms with Gasteiger partial charge < -0.3 is 9.72 Å². The molecule has 0 fully saturated rings. The summed E-state index contributed by atoms with van der Waals surface area (Å²) in [5.74, 6) is -0.812. The number of aromatic amines is 1. The minimum atomic E-state index is -0.552. The number of aromatic nitrogens is 1. The molecule has 0 saturated heterocycles. The largest absolute Gasteiger partial charge is 0.462 e. The van der Waals surface area contributed by atoms with Gasteiger partial charge in [-0.25, -0.2) is 4.79 Å². The molecular formula is C18H17NO3. The first-order valence-corrected chi connectivity index (χ1v) is 7.30. The Morgan fingerprint density at radius 3 is 2.82 bits per heavy atom. The highest BCUT2D eigenvalue weighted by Gasteiger charge is 2.32. The molecule has 22 heavy (non-hydrogen) atoms. The van der Waals surface area contributed by atoms with Gasteiger partial charge in [-0.15, -0.1) is 0 Å². The highest BCUT2D eigenvalue weighted by atomic mass is 16.5. The molecule has 1 aliphatic carbocycles. The molecule has 4 heteroatoms. The Morgan fingerprint density at radius 1 is 1.32 bits per heavy atom. The van der Waals surface area contributed by atoms with Crippen molar-refractivity contribution >= 4 is 17.3 Å². The van der Waals surface area contributed by atoms with E-state index < -0.39 is 5.97 Å². The molecule has 2 aromatic rings. The normalized spacial score (nSPS) is 14.0. The second kappa shape index (κ2) is 5.64. The van der Waals surface area contributed by atoms with Gasteiger partial charge in [0.1, 0.15) is 5.57 Å². The molecule has 0 radical (unpaired) electrons. The lowest BCUT2D eigenvalue weighted by atomic mass is 9.83. The number of hydrogen-bond donors (Lipinski definition) is 1. The Kier molecular flexibility index (Phi) is 3.67. The van der Waals surface area contributed by atoms with E-state index in [1.807, 2.05) is 31.2 Å². The van der Waals surface area contributed by atoms with Crippen molar-refractivity contribution in [3.05, 3.63) is 64.5 Å². The zero-order chi connectivity index (χ0) is 15.7. The van der Waals surface area contributed by atoms with Crippen LogP contribution in [0.15, 0.2) is 42.1 Å². The molecule has 0 saturated carbocycles. The minimum Gasteiger partial charge on any atom is -0.462 e. The number of H-pyrrole nitrogens is 1. The van der Waals surface area contributed by atoms with Crippen LogP contribution >= 0.6 is 0 Å². The Hall–Kier alpha value is -2.62. The summed E-state index contributed by atoms with van der Waals surface area (Å²) in [7, 11) is 0. The summed E-state index contributed by atoms with van der Waals surface area (Å²) >= 11 is 0. The van der Waals surface area contributed by atoms with Crippen molar-refractivity contribution in [3.63, 3.8) is 0 Å². The molecule has 3 rings (SSSR count). The summed E-state index contributed by atoms with van der Waals surface area (Å²) in [6, 6.07) is 9.39. The fourth-order valence-electron chi connectivity index (χ4n) is 2.81. The van der Waals surface area contributed by atoms with Gasteiger partial charge in [-0.3, -0.25) is 4.79 Å². The smallest absolute Gasteiger partial charge is 0.342 e. The summed E-state index contributed by atoms with van der Waals surface area (Å²) in [5, 5.41) is 0. The van der Waals surface area contributed by atoms with Gasteiger partial charge in [0.05, 0.1) is 6.61 Å². The van der Waals surface area contributed by atoms with Gasteiger partial charge in [-0.05, 0) is 37.1 Å². The first kappa shape index (κ1) is 14.3. The van der Waals surface area contributed by atoms with Crippen LogP contribution in [0.4, 0.5) is 0 Å². The molecule has 1 aromatic carbocycles. The average Bonchev–Trinajstić information content (AvgIpc) is 3.00. The fraction of sp³-hybridized carbons (Fsp3) is 0.222. The SMILES string of the molecule is CCOC(=O)C1=C(c2ccc[nH]2)Cc2cc(C)ccc2C1=O. The van der Waals surface area contributed by atoms with E-state index in [1.165, 1.54) is 0 Å². The molecule has 112 valence electrons. The Balaban J connectivity index is 2.17. The Labute approximate surface area is 128 Å². The Bertz CT molecular complexity index is 770. The molecule has 0 atom stereocenters. The van der Waals surface area contributed by atoms with Crippen LogP contribution in [0.1, 0.15) is 34.1 Å². The van der Waals surface area contributed by atoms with Crippen molar-refractivity contribution < 1.29 is 14.3 Å². The molecule has 1 N–H and O–H groups in total. The van der Waals surface area contributed by atoms with Gasteiger partial charge >= 0.3 is 5.97 Å². The van der Waals surface area contributed by atoms with Crippen LogP contribution in [0.25, 0.3) is 5.57 Å². The molecule has 0 aliphatic heterocycles. The zero-order valence-electron chi connectivity index (χ0n) is 12.6. The van der Waals surface area contributed by atoms with Gasteiger partial charge in [0, 0.05) is 23.9 Å². The third-order valence-corrected chi connectivity index (χ3v) is 3.80. The molecule has 0 unspecified atom stereocenters. The van der Waals surface area contributed by atoms with Crippen molar-refractivity contribution in [1.29, 1.82) is 0 Å². The predicted molar refractivity (Wildman–Crippen MR) is 83.6 cm³/mol. The fourth-order valence-corrected chi connectivity index (χ4v) is 2.81. The number of ketones is 1. The second-order valence-corrected chi connectivity index (χ2v) is 5.32. The van der Waals surface area contributed by atoms with Crippen molar-refractivity contribution in [2.45, 2.75) is 20.3 Å². The number of hydrogen-bond acceptors (Lipinski definition) is 3. The van der Waals surface area contributed by atoms with E-state index in [2.05, 4.69) is 4.98 Å². The molecule has 1 aromatic heterocycles. The van der Waals surface area contributed by atoms with Crippen molar-refractivity contribution in [1.82, 2.24) is 4.98 Å². The quantitative estimate of drug-likeness (QED) is 0.699. The van der Waals surface area contributed by atoms with Crippen LogP contribution in [-0.4, -0.2) is 23.3 Å². The Morgan fingerprint density at radius 2 is 2.14 bits per heavy atom. The summed E-state index contributed by atoms with van der Waals surface area (Å²) in [5.41, 5.74) is 4.25. The summed E-state index contributed by atoms with van der Waals surface area (Å²) in [6.45, 7) is 3.97. The van der Waals surface area contributed by atoms with Crippen LogP contribution in [0.3, 0.4) is 0 Å². The van der Waals surface area contributed by atoms with Gasteiger partial charge in [0.2, 0.25) is 5.78 Å². The van der Waals surface area contributed by atoms with Crippen LogP contribution < -0.4 is 0 Å². The van der Waals surface area contributed by atoms with Crippen molar-refractivity contribution in [3.8, 4) is 0 Å². The first-order valence-electron chi connectivity index (χ1n) is 7.30. The topological polar surface area (TPSA) is 59.2 Å². The lowest BCUT2D eigenvalue weighted by molar-refractivity contribution is -0.138. The van der Waals surface area contributed by atoms with Gasteiger partial charge in [-0.1, -0.05) is 23.8 Å². The average molecular weight is 295 g/mol. The van der Waals surface area contributed by atoms with Gasteiger partial charge in [-0.2, -0.15) is 0 Å². The van der Waals surface area contributed by atoms with Crippen molar-refractivity contribution in [2.75, 3.05) is 6.61 Å². The first-order chi connectivity index (χ1) is 10.6. The molecule has 4 nitrogen and oxygen atoms in total. The number of Topliss-reactive ketones (excluding diaryl/α,β-unsaturated/α-hetero) is 1. The third kappa shape index (κ3) is 2.37. The summed E-state index contributed by atoms with van der Waals surface area (Å²) in [6.07, 6.45) is 2.32. The number of aryl methyl sites for hydroxylation is 1. The van der Waals surface area contributed by atoms with Crippen LogP contribution in [0.5, 0.6) is 0 Å². The summed E-state index contributed by atoms with van der Waals surface area (Å²) < 4.78 is 5.09.